The van der Waals surface area contributed by atoms with Crippen LogP contribution in [0.4, 0.5) is 0 Å². The van der Waals surface area contributed by atoms with Crippen molar-refractivity contribution in [2.24, 2.45) is 0 Å². The molecule has 1 nitrogen and oxygen atoms in total. The molecule has 1 aliphatic heterocycles. The zero-order chi connectivity index (χ0) is 13.6. The van der Waals surface area contributed by atoms with Gasteiger partial charge in [0.15, 0.2) is 0 Å². The summed E-state index contributed by atoms with van der Waals surface area (Å²) in [5.41, 5.74) is 1.64. The highest BCUT2D eigenvalue weighted by molar-refractivity contribution is 9.09. The average molecular weight is 390 g/mol. The smallest absolute Gasteiger partial charge is 0.0576 e. The van der Waals surface area contributed by atoms with E-state index in [9.17, 15) is 0 Å². The second kappa shape index (κ2) is 7.80. The molecular formula is C16H22Br2O. The van der Waals surface area contributed by atoms with Gasteiger partial charge in [-0.25, -0.2) is 0 Å². The minimum Gasteiger partial charge on any atom is -0.378 e. The molecule has 1 unspecified atom stereocenters. The van der Waals surface area contributed by atoms with Gasteiger partial charge >= 0.3 is 0 Å². The SMILES string of the molecule is BrCC(CBr)(CCCC1CCCO1)c1ccccc1. The molecule has 1 fully saturated rings. The predicted molar refractivity (Wildman–Crippen MR) is 88.5 cm³/mol. The van der Waals surface area contributed by atoms with Gasteiger partial charge in [0.25, 0.3) is 0 Å². The molecule has 1 atom stereocenters. The number of ether oxygens (including phenoxy) is 1. The van der Waals surface area contributed by atoms with E-state index in [1.54, 1.807) is 0 Å². The summed E-state index contributed by atoms with van der Waals surface area (Å²) in [4.78, 5) is 0. The van der Waals surface area contributed by atoms with E-state index in [1.807, 2.05) is 0 Å². The third-order valence-corrected chi connectivity index (χ3v) is 6.25. The number of alkyl halides is 2. The molecule has 2 rings (SSSR count). The minimum absolute atomic E-state index is 0.208. The van der Waals surface area contributed by atoms with Gasteiger partial charge in [-0.3, -0.25) is 0 Å². The topological polar surface area (TPSA) is 9.23 Å². The Morgan fingerprint density at radius 2 is 1.89 bits per heavy atom. The van der Waals surface area contributed by atoms with Gasteiger partial charge in [-0.15, -0.1) is 0 Å². The van der Waals surface area contributed by atoms with E-state index in [2.05, 4.69) is 62.2 Å². The Kier molecular flexibility index (Phi) is 6.37. The monoisotopic (exact) mass is 388 g/mol. The fourth-order valence-corrected chi connectivity index (χ4v) is 4.94. The zero-order valence-electron chi connectivity index (χ0n) is 11.3. The van der Waals surface area contributed by atoms with Crippen LogP contribution in [0.25, 0.3) is 0 Å². The van der Waals surface area contributed by atoms with Crippen molar-refractivity contribution < 1.29 is 4.74 Å². The molecule has 0 radical (unpaired) electrons. The predicted octanol–water partition coefficient (Wildman–Crippen LogP) is 5.06. The summed E-state index contributed by atoms with van der Waals surface area (Å²) in [6, 6.07) is 10.8. The average Bonchev–Trinajstić information content (AvgIpc) is 2.98. The molecule has 0 amide bonds. The molecule has 1 aromatic rings. The van der Waals surface area contributed by atoms with Crippen molar-refractivity contribution in [2.75, 3.05) is 17.3 Å². The van der Waals surface area contributed by atoms with Crippen molar-refractivity contribution in [2.45, 2.75) is 43.6 Å². The first-order chi connectivity index (χ1) is 9.30. The van der Waals surface area contributed by atoms with Crippen molar-refractivity contribution in [1.29, 1.82) is 0 Å². The van der Waals surface area contributed by atoms with Gasteiger partial charge < -0.3 is 4.74 Å². The summed E-state index contributed by atoms with van der Waals surface area (Å²) in [5, 5.41) is 2.00. The van der Waals surface area contributed by atoms with E-state index < -0.39 is 0 Å². The fraction of sp³-hybridized carbons (Fsp3) is 0.625. The van der Waals surface area contributed by atoms with E-state index in [-0.39, 0.29) is 5.41 Å². The first-order valence-corrected chi connectivity index (χ1v) is 9.34. The van der Waals surface area contributed by atoms with Gasteiger partial charge in [0.05, 0.1) is 6.10 Å². The maximum atomic E-state index is 5.72. The van der Waals surface area contributed by atoms with Crippen molar-refractivity contribution in [3.05, 3.63) is 35.9 Å². The first-order valence-electron chi connectivity index (χ1n) is 7.10. The molecule has 19 heavy (non-hydrogen) atoms. The number of halogens is 2. The van der Waals surface area contributed by atoms with Crippen LogP contribution in [-0.4, -0.2) is 23.4 Å². The molecule has 0 saturated carbocycles. The van der Waals surface area contributed by atoms with Crippen molar-refractivity contribution >= 4 is 31.9 Å². The molecule has 106 valence electrons. The van der Waals surface area contributed by atoms with E-state index in [0.29, 0.717) is 6.10 Å². The molecule has 0 spiro atoms. The maximum Gasteiger partial charge on any atom is 0.0576 e. The van der Waals surface area contributed by atoms with E-state index in [4.69, 9.17) is 4.74 Å². The largest absolute Gasteiger partial charge is 0.378 e. The van der Waals surface area contributed by atoms with Gasteiger partial charge in [0, 0.05) is 22.7 Å². The summed E-state index contributed by atoms with van der Waals surface area (Å²) >= 11 is 7.44. The number of benzene rings is 1. The highest BCUT2D eigenvalue weighted by atomic mass is 79.9. The molecule has 1 saturated heterocycles. The Hall–Kier alpha value is 0.140. The van der Waals surface area contributed by atoms with Crippen molar-refractivity contribution in [3.8, 4) is 0 Å². The highest BCUT2D eigenvalue weighted by Gasteiger charge is 2.30. The quantitative estimate of drug-likeness (QED) is 0.592. The molecule has 3 heteroatoms. The van der Waals surface area contributed by atoms with Crippen molar-refractivity contribution in [1.82, 2.24) is 0 Å². The molecule has 0 bridgehead atoms. The molecule has 1 aliphatic rings. The van der Waals surface area contributed by atoms with Crippen LogP contribution < -0.4 is 0 Å². The molecule has 0 aliphatic carbocycles. The van der Waals surface area contributed by atoms with Gasteiger partial charge in [-0.05, 0) is 37.7 Å². The standard InChI is InChI=1S/C16H22Br2O/c17-12-16(13-18,14-6-2-1-3-7-14)10-4-8-15-9-5-11-19-15/h1-3,6-7,15H,4-5,8-13H2. The Morgan fingerprint density at radius 1 is 1.16 bits per heavy atom. The summed E-state index contributed by atoms with van der Waals surface area (Å²) < 4.78 is 5.72. The van der Waals surface area contributed by atoms with Gasteiger partial charge in [0.1, 0.15) is 0 Å². The molecule has 0 aromatic heterocycles. The van der Waals surface area contributed by atoms with Crippen LogP contribution in [0.5, 0.6) is 0 Å². The molecule has 1 aromatic carbocycles. The Labute approximate surface area is 133 Å². The fourth-order valence-electron chi connectivity index (χ4n) is 2.80. The number of hydrogen-bond donors (Lipinski definition) is 0. The van der Waals surface area contributed by atoms with Crippen LogP contribution >= 0.6 is 31.9 Å². The third kappa shape index (κ3) is 4.05. The lowest BCUT2D eigenvalue weighted by molar-refractivity contribution is 0.101. The van der Waals surface area contributed by atoms with Crippen LogP contribution in [0.3, 0.4) is 0 Å². The second-order valence-electron chi connectivity index (χ2n) is 5.44. The van der Waals surface area contributed by atoms with Gasteiger partial charge in [-0.2, -0.15) is 0 Å². The normalized spacial score (nSPS) is 19.8. The lowest BCUT2D eigenvalue weighted by Gasteiger charge is -2.31. The minimum atomic E-state index is 0.208. The summed E-state index contributed by atoms with van der Waals surface area (Å²) in [5.74, 6) is 0. The lowest BCUT2D eigenvalue weighted by Crippen LogP contribution is -2.30. The van der Waals surface area contributed by atoms with E-state index >= 15 is 0 Å². The van der Waals surface area contributed by atoms with Gasteiger partial charge in [0.2, 0.25) is 0 Å². The van der Waals surface area contributed by atoms with Crippen LogP contribution in [0.2, 0.25) is 0 Å². The second-order valence-corrected chi connectivity index (χ2v) is 6.56. The zero-order valence-corrected chi connectivity index (χ0v) is 14.5. The van der Waals surface area contributed by atoms with Crippen LogP contribution in [0, 0.1) is 0 Å². The summed E-state index contributed by atoms with van der Waals surface area (Å²) in [6.07, 6.45) is 6.64. The Balaban J connectivity index is 1.95. The first kappa shape index (κ1) is 15.5. The van der Waals surface area contributed by atoms with E-state index in [1.165, 1.54) is 37.7 Å². The molecular weight excluding hydrogens is 368 g/mol. The maximum absolute atomic E-state index is 5.72. The third-order valence-electron chi connectivity index (χ3n) is 4.10. The number of rotatable bonds is 7. The Morgan fingerprint density at radius 3 is 2.47 bits per heavy atom. The summed E-state index contributed by atoms with van der Waals surface area (Å²) in [6.45, 7) is 0.964. The van der Waals surface area contributed by atoms with E-state index in [0.717, 1.165) is 17.3 Å². The Bertz CT molecular complexity index is 356. The van der Waals surface area contributed by atoms with Crippen molar-refractivity contribution in [3.63, 3.8) is 0 Å². The molecule has 1 heterocycles. The van der Waals surface area contributed by atoms with Crippen LogP contribution in [-0.2, 0) is 10.2 Å². The summed E-state index contributed by atoms with van der Waals surface area (Å²) in [7, 11) is 0. The van der Waals surface area contributed by atoms with Gasteiger partial charge in [-0.1, -0.05) is 62.2 Å². The van der Waals surface area contributed by atoms with Crippen LogP contribution in [0.1, 0.15) is 37.7 Å². The molecule has 0 N–H and O–H groups in total. The number of hydrogen-bond acceptors (Lipinski definition) is 1. The highest BCUT2D eigenvalue weighted by Crippen LogP contribution is 2.34. The van der Waals surface area contributed by atoms with Crippen LogP contribution in [0.15, 0.2) is 30.3 Å². The lowest BCUT2D eigenvalue weighted by atomic mass is 9.80.